The fourth-order valence-corrected chi connectivity index (χ4v) is 3.77. The van der Waals surface area contributed by atoms with E-state index in [2.05, 4.69) is 25.1 Å². The number of ether oxygens (including phenoxy) is 1. The summed E-state index contributed by atoms with van der Waals surface area (Å²) >= 11 is 0. The zero-order valence-electron chi connectivity index (χ0n) is 10.6. The van der Waals surface area contributed by atoms with Crippen molar-refractivity contribution in [1.29, 1.82) is 0 Å². The number of amides is 1. The van der Waals surface area contributed by atoms with Crippen molar-refractivity contribution >= 4 is 11.6 Å². The zero-order chi connectivity index (χ0) is 12.3. The average molecular weight is 243 g/mol. The van der Waals surface area contributed by atoms with E-state index in [1.165, 1.54) is 5.56 Å². The van der Waals surface area contributed by atoms with E-state index in [9.17, 15) is 4.79 Å². The number of fused-ring (bicyclic) bond motifs is 2. The van der Waals surface area contributed by atoms with Gasteiger partial charge in [-0.2, -0.15) is 0 Å². The van der Waals surface area contributed by atoms with Gasteiger partial charge in [-0.1, -0.05) is 13.0 Å². The van der Waals surface area contributed by atoms with Crippen molar-refractivity contribution in [2.24, 2.45) is 5.92 Å². The quantitative estimate of drug-likeness (QED) is 0.758. The molecule has 4 rings (SSSR count). The maximum absolute atomic E-state index is 12.2. The highest BCUT2D eigenvalue weighted by Gasteiger charge is 2.52. The summed E-state index contributed by atoms with van der Waals surface area (Å²) in [7, 11) is 0. The number of anilines is 1. The molecule has 1 aromatic carbocycles. The van der Waals surface area contributed by atoms with Crippen LogP contribution in [0, 0.1) is 5.92 Å². The lowest BCUT2D eigenvalue weighted by molar-refractivity contribution is -0.117. The number of aryl methyl sites for hydroxylation is 1. The van der Waals surface area contributed by atoms with Crippen LogP contribution in [-0.4, -0.2) is 18.1 Å². The van der Waals surface area contributed by atoms with Crippen LogP contribution in [0.2, 0.25) is 0 Å². The fraction of sp³-hybridized carbons (Fsp3) is 0.533. The average Bonchev–Trinajstić information content (AvgIpc) is 2.92. The highest BCUT2D eigenvalue weighted by atomic mass is 16.5. The Morgan fingerprint density at radius 3 is 3.11 bits per heavy atom. The summed E-state index contributed by atoms with van der Waals surface area (Å²) in [5.74, 6) is 1.71. The second-order valence-electron chi connectivity index (χ2n) is 5.61. The van der Waals surface area contributed by atoms with Gasteiger partial charge in [-0.15, -0.1) is 0 Å². The van der Waals surface area contributed by atoms with Gasteiger partial charge < -0.3 is 9.64 Å². The van der Waals surface area contributed by atoms with Gasteiger partial charge in [-0.05, 0) is 42.9 Å². The van der Waals surface area contributed by atoms with Gasteiger partial charge in [0.25, 0.3) is 0 Å². The molecule has 3 aliphatic rings. The molecule has 0 unspecified atom stereocenters. The largest absolute Gasteiger partial charge is 0.486 e. The van der Waals surface area contributed by atoms with Crippen molar-refractivity contribution in [2.45, 2.75) is 44.8 Å². The predicted molar refractivity (Wildman–Crippen MR) is 68.9 cm³/mol. The second-order valence-corrected chi connectivity index (χ2v) is 5.61. The van der Waals surface area contributed by atoms with Gasteiger partial charge in [-0.3, -0.25) is 4.79 Å². The number of hydrogen-bond donors (Lipinski definition) is 0. The van der Waals surface area contributed by atoms with E-state index in [1.54, 1.807) is 0 Å². The molecule has 0 N–H and O–H groups in total. The van der Waals surface area contributed by atoms with E-state index in [4.69, 9.17) is 4.74 Å². The third-order valence-electron chi connectivity index (χ3n) is 4.66. The van der Waals surface area contributed by atoms with Crippen LogP contribution in [-0.2, 0) is 11.2 Å². The van der Waals surface area contributed by atoms with Gasteiger partial charge >= 0.3 is 0 Å². The maximum atomic E-state index is 12.2. The first-order valence-corrected chi connectivity index (χ1v) is 6.89. The number of nitrogens with zero attached hydrogens (tertiary/aromatic N) is 1. The second kappa shape index (κ2) is 3.50. The zero-order valence-corrected chi connectivity index (χ0v) is 10.6. The lowest BCUT2D eigenvalue weighted by Gasteiger charge is -2.36. The van der Waals surface area contributed by atoms with Crippen LogP contribution < -0.4 is 9.64 Å². The Morgan fingerprint density at radius 2 is 2.28 bits per heavy atom. The summed E-state index contributed by atoms with van der Waals surface area (Å²) in [5, 5.41) is 0. The van der Waals surface area contributed by atoms with Gasteiger partial charge in [0, 0.05) is 6.42 Å². The summed E-state index contributed by atoms with van der Waals surface area (Å²) in [6.07, 6.45) is 4.16. The minimum Gasteiger partial charge on any atom is -0.486 e. The van der Waals surface area contributed by atoms with Gasteiger partial charge in [0.2, 0.25) is 5.91 Å². The van der Waals surface area contributed by atoms with Crippen LogP contribution in [0.15, 0.2) is 18.2 Å². The molecule has 3 heteroatoms. The Balaban J connectivity index is 1.84. The first kappa shape index (κ1) is 10.4. The SMILES string of the molecule is CCc1ccc2c(c1)O[C@@H]1CC[C@@H]3CC(=O)N2[C@@H]31. The van der Waals surface area contributed by atoms with Crippen LogP contribution >= 0.6 is 0 Å². The van der Waals surface area contributed by atoms with Crippen LogP contribution in [0.3, 0.4) is 0 Å². The molecule has 2 heterocycles. The molecule has 0 radical (unpaired) electrons. The number of carbonyl (C=O) groups excluding carboxylic acids is 1. The van der Waals surface area contributed by atoms with Crippen molar-refractivity contribution in [2.75, 3.05) is 4.90 Å². The van der Waals surface area contributed by atoms with Gasteiger partial charge in [-0.25, -0.2) is 0 Å². The molecule has 1 aromatic rings. The highest BCUT2D eigenvalue weighted by Crippen LogP contribution is 2.49. The van der Waals surface area contributed by atoms with Gasteiger partial charge in [0.1, 0.15) is 11.9 Å². The molecule has 0 bridgehead atoms. The molecular formula is C15H17NO2. The number of benzene rings is 1. The van der Waals surface area contributed by atoms with Crippen molar-refractivity contribution in [1.82, 2.24) is 0 Å². The van der Waals surface area contributed by atoms with E-state index in [0.29, 0.717) is 18.4 Å². The molecule has 18 heavy (non-hydrogen) atoms. The molecule has 1 amide bonds. The summed E-state index contributed by atoms with van der Waals surface area (Å²) in [5.41, 5.74) is 2.26. The van der Waals surface area contributed by atoms with Crippen LogP contribution in [0.5, 0.6) is 5.75 Å². The molecule has 1 saturated heterocycles. The molecule has 2 fully saturated rings. The Bertz CT molecular complexity index is 525. The van der Waals surface area contributed by atoms with Crippen LogP contribution in [0.1, 0.15) is 31.7 Å². The minimum atomic E-state index is 0.223. The first-order chi connectivity index (χ1) is 8.78. The van der Waals surface area contributed by atoms with Crippen molar-refractivity contribution < 1.29 is 9.53 Å². The molecule has 94 valence electrons. The molecule has 2 aliphatic heterocycles. The van der Waals surface area contributed by atoms with Crippen molar-refractivity contribution in [3.63, 3.8) is 0 Å². The molecule has 3 atom stereocenters. The number of carbonyl (C=O) groups is 1. The van der Waals surface area contributed by atoms with Gasteiger partial charge in [0.15, 0.2) is 0 Å². The van der Waals surface area contributed by atoms with Crippen LogP contribution in [0.25, 0.3) is 0 Å². The fourth-order valence-electron chi connectivity index (χ4n) is 3.77. The third kappa shape index (κ3) is 1.22. The van der Waals surface area contributed by atoms with Crippen molar-refractivity contribution in [3.05, 3.63) is 23.8 Å². The Morgan fingerprint density at radius 1 is 1.39 bits per heavy atom. The molecule has 0 aromatic heterocycles. The van der Waals surface area contributed by atoms with E-state index in [1.807, 2.05) is 4.90 Å². The molecular weight excluding hydrogens is 226 g/mol. The van der Waals surface area contributed by atoms with Crippen LogP contribution in [0.4, 0.5) is 5.69 Å². The van der Waals surface area contributed by atoms with E-state index >= 15 is 0 Å². The predicted octanol–water partition coefficient (Wildman–Crippen LogP) is 2.53. The normalized spacial score (nSPS) is 32.2. The summed E-state index contributed by atoms with van der Waals surface area (Å²) in [6, 6.07) is 6.57. The number of hydrogen-bond acceptors (Lipinski definition) is 2. The van der Waals surface area contributed by atoms with E-state index in [-0.39, 0.29) is 12.0 Å². The Kier molecular flexibility index (Phi) is 2.02. The van der Waals surface area contributed by atoms with Gasteiger partial charge in [0.05, 0.1) is 11.7 Å². The topological polar surface area (TPSA) is 29.5 Å². The maximum Gasteiger partial charge on any atom is 0.227 e. The highest BCUT2D eigenvalue weighted by molar-refractivity contribution is 5.99. The molecule has 1 saturated carbocycles. The standard InChI is InChI=1S/C15H17NO2/c1-2-9-3-5-11-13(7-9)18-12-6-4-10-8-14(17)16(11)15(10)12/h3,5,7,10,12,15H,2,4,6,8H2,1H3/t10-,12-,15+/m1/s1. The first-order valence-electron chi connectivity index (χ1n) is 6.89. The monoisotopic (exact) mass is 243 g/mol. The molecule has 0 spiro atoms. The molecule has 1 aliphatic carbocycles. The molecule has 3 nitrogen and oxygen atoms in total. The third-order valence-corrected chi connectivity index (χ3v) is 4.66. The summed E-state index contributed by atoms with van der Waals surface area (Å²) < 4.78 is 6.13. The smallest absolute Gasteiger partial charge is 0.227 e. The summed E-state index contributed by atoms with van der Waals surface area (Å²) in [6.45, 7) is 2.14. The minimum absolute atomic E-state index is 0.223. The van der Waals surface area contributed by atoms with E-state index in [0.717, 1.165) is 30.7 Å². The Hall–Kier alpha value is -1.51. The lowest BCUT2D eigenvalue weighted by Crippen LogP contribution is -2.46. The lowest BCUT2D eigenvalue weighted by atomic mass is 10.0. The summed E-state index contributed by atoms with van der Waals surface area (Å²) in [4.78, 5) is 14.2. The Labute approximate surface area is 107 Å². The number of rotatable bonds is 1. The van der Waals surface area contributed by atoms with E-state index < -0.39 is 0 Å². The van der Waals surface area contributed by atoms with Crippen molar-refractivity contribution in [3.8, 4) is 5.75 Å².